The molecule has 0 aromatic carbocycles. The van der Waals surface area contributed by atoms with E-state index in [-0.39, 0.29) is 0 Å². The standard InChI is InChI=1S/C14H26/c1-6-10-8-11-9-12(13(11,3)4)14(10,5)7-2/h10-12H,6-9H2,1-5H3/t10?,11?,12?,14-/m1/s1. The average Bonchev–Trinajstić information content (AvgIpc) is 2.17. The molecule has 14 heavy (non-hydrogen) atoms. The molecule has 0 heteroatoms. The van der Waals surface area contributed by atoms with Gasteiger partial charge in [0.1, 0.15) is 0 Å². The maximum absolute atomic E-state index is 2.56. The van der Waals surface area contributed by atoms with Crippen LogP contribution in [0.3, 0.4) is 0 Å². The van der Waals surface area contributed by atoms with Gasteiger partial charge in [-0.05, 0) is 41.4 Å². The molecule has 0 spiro atoms. The van der Waals surface area contributed by atoms with Gasteiger partial charge in [0.05, 0.1) is 0 Å². The predicted octanol–water partition coefficient (Wildman–Crippen LogP) is 4.49. The zero-order valence-electron chi connectivity index (χ0n) is 10.6. The molecule has 3 aliphatic rings. The first kappa shape index (κ1) is 10.5. The highest BCUT2D eigenvalue weighted by Crippen LogP contribution is 2.69. The van der Waals surface area contributed by atoms with Crippen LogP contribution in [0.2, 0.25) is 0 Å². The fourth-order valence-corrected chi connectivity index (χ4v) is 4.60. The molecular weight excluding hydrogens is 168 g/mol. The van der Waals surface area contributed by atoms with E-state index in [0.29, 0.717) is 10.8 Å². The summed E-state index contributed by atoms with van der Waals surface area (Å²) in [6.07, 6.45) is 5.80. The summed E-state index contributed by atoms with van der Waals surface area (Å²) in [7, 11) is 0. The van der Waals surface area contributed by atoms with E-state index in [0.717, 1.165) is 17.8 Å². The molecule has 0 aromatic heterocycles. The van der Waals surface area contributed by atoms with Gasteiger partial charge in [-0.2, -0.15) is 0 Å². The largest absolute Gasteiger partial charge is 0.0651 e. The monoisotopic (exact) mass is 194 g/mol. The summed E-state index contributed by atoms with van der Waals surface area (Å²) in [6.45, 7) is 12.4. The van der Waals surface area contributed by atoms with E-state index in [9.17, 15) is 0 Å². The van der Waals surface area contributed by atoms with Gasteiger partial charge >= 0.3 is 0 Å². The molecule has 3 fully saturated rings. The Morgan fingerprint density at radius 2 is 1.71 bits per heavy atom. The summed E-state index contributed by atoms with van der Waals surface area (Å²) < 4.78 is 0. The van der Waals surface area contributed by atoms with Gasteiger partial charge in [-0.1, -0.05) is 47.5 Å². The van der Waals surface area contributed by atoms with E-state index in [4.69, 9.17) is 0 Å². The first-order valence-corrected chi connectivity index (χ1v) is 6.46. The van der Waals surface area contributed by atoms with Crippen molar-refractivity contribution in [2.75, 3.05) is 0 Å². The summed E-state index contributed by atoms with van der Waals surface area (Å²) in [5.41, 5.74) is 1.30. The van der Waals surface area contributed by atoms with Gasteiger partial charge < -0.3 is 0 Å². The van der Waals surface area contributed by atoms with Gasteiger partial charge in [-0.3, -0.25) is 0 Å². The average molecular weight is 194 g/mol. The Kier molecular flexibility index (Phi) is 2.25. The molecule has 0 saturated heterocycles. The zero-order valence-corrected chi connectivity index (χ0v) is 10.6. The van der Waals surface area contributed by atoms with E-state index in [1.165, 1.54) is 25.7 Å². The minimum absolute atomic E-state index is 0.646. The van der Waals surface area contributed by atoms with Crippen molar-refractivity contribution >= 4 is 0 Å². The minimum Gasteiger partial charge on any atom is -0.0651 e. The quantitative estimate of drug-likeness (QED) is 0.607. The van der Waals surface area contributed by atoms with Crippen molar-refractivity contribution in [2.45, 2.75) is 60.3 Å². The van der Waals surface area contributed by atoms with Crippen molar-refractivity contribution in [3.05, 3.63) is 0 Å². The summed E-state index contributed by atoms with van der Waals surface area (Å²) >= 11 is 0. The first-order chi connectivity index (χ1) is 6.46. The third-order valence-corrected chi connectivity index (χ3v) is 6.02. The van der Waals surface area contributed by atoms with E-state index in [1.54, 1.807) is 0 Å². The number of rotatable bonds is 2. The van der Waals surface area contributed by atoms with Crippen LogP contribution >= 0.6 is 0 Å². The Hall–Kier alpha value is 0. The van der Waals surface area contributed by atoms with E-state index in [1.807, 2.05) is 0 Å². The first-order valence-electron chi connectivity index (χ1n) is 6.46. The summed E-state index contributed by atoms with van der Waals surface area (Å²) in [6, 6.07) is 0. The van der Waals surface area contributed by atoms with Crippen molar-refractivity contribution in [1.29, 1.82) is 0 Å². The van der Waals surface area contributed by atoms with Gasteiger partial charge in [0.2, 0.25) is 0 Å². The van der Waals surface area contributed by atoms with Gasteiger partial charge in [0, 0.05) is 0 Å². The van der Waals surface area contributed by atoms with Crippen LogP contribution in [0.1, 0.15) is 60.3 Å². The highest BCUT2D eigenvalue weighted by Gasteiger charge is 2.61. The molecule has 0 aromatic rings. The molecule has 2 bridgehead atoms. The maximum Gasteiger partial charge on any atom is -0.0267 e. The Labute approximate surface area is 89.5 Å². The highest BCUT2D eigenvalue weighted by molar-refractivity contribution is 5.10. The Balaban J connectivity index is 2.26. The molecule has 3 aliphatic carbocycles. The van der Waals surface area contributed by atoms with Crippen LogP contribution in [0.4, 0.5) is 0 Å². The fourth-order valence-electron chi connectivity index (χ4n) is 4.60. The van der Waals surface area contributed by atoms with Crippen molar-refractivity contribution < 1.29 is 0 Å². The Morgan fingerprint density at radius 3 is 2.14 bits per heavy atom. The molecular formula is C14H26. The molecule has 82 valence electrons. The molecule has 0 amide bonds. The molecule has 3 unspecified atom stereocenters. The lowest BCUT2D eigenvalue weighted by molar-refractivity contribution is -0.184. The smallest absolute Gasteiger partial charge is 0.0267 e. The van der Waals surface area contributed by atoms with Gasteiger partial charge in [-0.25, -0.2) is 0 Å². The number of hydrogen-bond acceptors (Lipinski definition) is 0. The molecule has 0 heterocycles. The second-order valence-electron chi connectivity index (χ2n) is 6.51. The molecule has 3 rings (SSSR count). The summed E-state index contributed by atoms with van der Waals surface area (Å²) in [4.78, 5) is 0. The lowest BCUT2D eigenvalue weighted by atomic mass is 9.37. The molecule has 4 atom stereocenters. The second kappa shape index (κ2) is 3.00. The number of fused-ring (bicyclic) bond motifs is 2. The molecule has 0 radical (unpaired) electrons. The van der Waals surface area contributed by atoms with Crippen LogP contribution < -0.4 is 0 Å². The molecule has 3 saturated carbocycles. The lowest BCUT2D eigenvalue weighted by Crippen LogP contribution is -2.60. The SMILES string of the molecule is CCC1CC2CC(C2(C)C)[C@]1(C)CC. The zero-order chi connectivity index (χ0) is 10.6. The van der Waals surface area contributed by atoms with E-state index in [2.05, 4.69) is 34.6 Å². The van der Waals surface area contributed by atoms with Crippen LogP contribution in [0.5, 0.6) is 0 Å². The normalized spacial score (nSPS) is 49.9. The predicted molar refractivity (Wildman–Crippen MR) is 62.2 cm³/mol. The molecule has 0 N–H and O–H groups in total. The van der Waals surface area contributed by atoms with Gasteiger partial charge in [-0.15, -0.1) is 0 Å². The van der Waals surface area contributed by atoms with Gasteiger partial charge in [0.15, 0.2) is 0 Å². The molecule has 0 nitrogen and oxygen atoms in total. The van der Waals surface area contributed by atoms with Crippen LogP contribution in [0, 0.1) is 28.6 Å². The number of hydrogen-bond donors (Lipinski definition) is 0. The fraction of sp³-hybridized carbons (Fsp3) is 1.00. The third-order valence-electron chi connectivity index (χ3n) is 6.02. The summed E-state index contributed by atoms with van der Waals surface area (Å²) in [5, 5.41) is 0. The minimum atomic E-state index is 0.646. The van der Waals surface area contributed by atoms with Crippen molar-refractivity contribution in [3.8, 4) is 0 Å². The maximum atomic E-state index is 2.56. The topological polar surface area (TPSA) is 0 Å². The Bertz CT molecular complexity index is 228. The van der Waals surface area contributed by atoms with Crippen molar-refractivity contribution in [2.24, 2.45) is 28.6 Å². The lowest BCUT2D eigenvalue weighted by Gasteiger charge is -2.67. The highest BCUT2D eigenvalue weighted by atomic mass is 14.7. The van der Waals surface area contributed by atoms with Gasteiger partial charge in [0.25, 0.3) is 0 Å². The van der Waals surface area contributed by atoms with Crippen LogP contribution in [0.25, 0.3) is 0 Å². The van der Waals surface area contributed by atoms with E-state index >= 15 is 0 Å². The van der Waals surface area contributed by atoms with Crippen LogP contribution in [0.15, 0.2) is 0 Å². The van der Waals surface area contributed by atoms with E-state index < -0.39 is 0 Å². The van der Waals surface area contributed by atoms with Crippen molar-refractivity contribution in [3.63, 3.8) is 0 Å². The van der Waals surface area contributed by atoms with Crippen LogP contribution in [-0.4, -0.2) is 0 Å². The molecule has 0 aliphatic heterocycles. The third kappa shape index (κ3) is 1.06. The Morgan fingerprint density at radius 1 is 1.07 bits per heavy atom. The summed E-state index contributed by atoms with van der Waals surface area (Å²) in [5.74, 6) is 3.05. The second-order valence-corrected chi connectivity index (χ2v) is 6.51. The van der Waals surface area contributed by atoms with Crippen molar-refractivity contribution in [1.82, 2.24) is 0 Å². The van der Waals surface area contributed by atoms with Crippen LogP contribution in [-0.2, 0) is 0 Å².